The third kappa shape index (κ3) is 3.30. The average molecular weight is 357 g/mol. The Hall–Kier alpha value is -2.24. The molecule has 2 N–H and O–H groups in total. The molecule has 3 aromatic rings. The van der Waals surface area contributed by atoms with Gasteiger partial charge in [0.05, 0.1) is 16.2 Å². The number of nitrogens with one attached hydrogen (secondary N) is 2. The third-order valence-electron chi connectivity index (χ3n) is 4.63. The fourth-order valence-electron chi connectivity index (χ4n) is 3.29. The first-order chi connectivity index (χ1) is 12.2. The molecule has 0 radical (unpaired) electrons. The summed E-state index contributed by atoms with van der Waals surface area (Å²) in [5.74, 6) is 0.578. The van der Waals surface area contributed by atoms with E-state index in [-0.39, 0.29) is 5.02 Å². The Morgan fingerprint density at radius 3 is 2.96 bits per heavy atom. The smallest absolute Gasteiger partial charge is 0.165 e. The molecule has 1 aliphatic rings. The van der Waals surface area contributed by atoms with Gasteiger partial charge in [-0.15, -0.1) is 0 Å². The fraction of sp³-hybridized carbons (Fsp3) is 0.263. The molecule has 2 heterocycles. The second kappa shape index (κ2) is 6.94. The number of fused-ring (bicyclic) bond motifs is 1. The van der Waals surface area contributed by atoms with Crippen LogP contribution in [0.4, 0.5) is 15.9 Å². The maximum Gasteiger partial charge on any atom is 0.165 e. The van der Waals surface area contributed by atoms with Crippen LogP contribution in [0.25, 0.3) is 10.9 Å². The number of piperidine rings is 1. The Morgan fingerprint density at radius 2 is 2.12 bits per heavy atom. The number of halogens is 2. The molecule has 0 unspecified atom stereocenters. The van der Waals surface area contributed by atoms with E-state index in [1.165, 1.54) is 24.4 Å². The number of rotatable bonds is 3. The first kappa shape index (κ1) is 16.2. The summed E-state index contributed by atoms with van der Waals surface area (Å²) < 4.78 is 14.2. The molecule has 128 valence electrons. The van der Waals surface area contributed by atoms with Gasteiger partial charge in [0.25, 0.3) is 0 Å². The largest absolute Gasteiger partial charge is 0.337 e. The van der Waals surface area contributed by atoms with Gasteiger partial charge in [-0.25, -0.2) is 14.4 Å². The molecule has 25 heavy (non-hydrogen) atoms. The highest BCUT2D eigenvalue weighted by Gasteiger charge is 2.17. The highest BCUT2D eigenvalue weighted by molar-refractivity contribution is 6.31. The van der Waals surface area contributed by atoms with Crippen molar-refractivity contribution < 1.29 is 4.39 Å². The van der Waals surface area contributed by atoms with Crippen LogP contribution in [-0.2, 0) is 0 Å². The molecule has 4 nitrogen and oxygen atoms in total. The van der Waals surface area contributed by atoms with Crippen LogP contribution in [0.5, 0.6) is 0 Å². The molecule has 0 aliphatic carbocycles. The van der Waals surface area contributed by atoms with Crippen LogP contribution in [0.2, 0.25) is 5.02 Å². The van der Waals surface area contributed by atoms with Gasteiger partial charge in [-0.3, -0.25) is 0 Å². The molecule has 0 saturated carbocycles. The summed E-state index contributed by atoms with van der Waals surface area (Å²) in [7, 11) is 0. The van der Waals surface area contributed by atoms with E-state index in [9.17, 15) is 4.39 Å². The summed E-state index contributed by atoms with van der Waals surface area (Å²) in [5, 5.41) is 7.46. The third-order valence-corrected chi connectivity index (χ3v) is 4.92. The number of hydrogen-bond acceptors (Lipinski definition) is 4. The van der Waals surface area contributed by atoms with E-state index >= 15 is 0 Å². The Kier molecular flexibility index (Phi) is 4.51. The van der Waals surface area contributed by atoms with Crippen molar-refractivity contribution in [2.24, 2.45) is 0 Å². The van der Waals surface area contributed by atoms with E-state index in [2.05, 4.69) is 32.7 Å². The van der Waals surface area contributed by atoms with Crippen molar-refractivity contribution in [1.29, 1.82) is 0 Å². The van der Waals surface area contributed by atoms with Crippen molar-refractivity contribution in [1.82, 2.24) is 15.3 Å². The molecule has 1 fully saturated rings. The molecule has 0 amide bonds. The van der Waals surface area contributed by atoms with Gasteiger partial charge in [-0.2, -0.15) is 0 Å². The van der Waals surface area contributed by atoms with Crippen LogP contribution in [0, 0.1) is 5.82 Å². The molecule has 2 aromatic carbocycles. The topological polar surface area (TPSA) is 49.8 Å². The lowest BCUT2D eigenvalue weighted by atomic mass is 9.91. The van der Waals surface area contributed by atoms with E-state index in [0.717, 1.165) is 30.4 Å². The average Bonchev–Trinajstić information content (AvgIpc) is 2.66. The van der Waals surface area contributed by atoms with Crippen LogP contribution in [-0.4, -0.2) is 23.1 Å². The predicted octanol–water partition coefficient (Wildman–Crippen LogP) is 4.63. The lowest BCUT2D eigenvalue weighted by Crippen LogP contribution is -2.28. The molecule has 1 aliphatic heterocycles. The Morgan fingerprint density at radius 1 is 1.20 bits per heavy atom. The monoisotopic (exact) mass is 356 g/mol. The molecule has 0 spiro atoms. The van der Waals surface area contributed by atoms with Gasteiger partial charge in [0.2, 0.25) is 0 Å². The van der Waals surface area contributed by atoms with E-state index in [1.807, 2.05) is 6.07 Å². The van der Waals surface area contributed by atoms with Crippen LogP contribution in [0.15, 0.2) is 42.7 Å². The molecule has 1 aromatic heterocycles. The standard InChI is InChI=1S/C19H18ClFN4/c20-15-4-1-5-17(18(15)21)25-19-14-9-12(13-3-2-8-22-10-13)6-7-16(14)23-11-24-19/h1,4-7,9,11,13,22H,2-3,8,10H2,(H,23,24,25)/t13-/m0/s1. The Balaban J connectivity index is 1.74. The van der Waals surface area contributed by atoms with E-state index in [0.29, 0.717) is 17.4 Å². The van der Waals surface area contributed by atoms with E-state index in [4.69, 9.17) is 11.6 Å². The zero-order valence-electron chi connectivity index (χ0n) is 13.6. The maximum atomic E-state index is 14.2. The summed E-state index contributed by atoms with van der Waals surface area (Å²) in [5.41, 5.74) is 2.38. The number of anilines is 2. The summed E-state index contributed by atoms with van der Waals surface area (Å²) in [6.45, 7) is 2.05. The molecular formula is C19H18ClFN4. The van der Waals surface area contributed by atoms with Gasteiger partial charge in [0.15, 0.2) is 5.82 Å². The van der Waals surface area contributed by atoms with Crippen LogP contribution < -0.4 is 10.6 Å². The van der Waals surface area contributed by atoms with Gasteiger partial charge in [0, 0.05) is 11.9 Å². The minimum Gasteiger partial charge on any atom is -0.337 e. The Labute approximate surface area is 150 Å². The SMILES string of the molecule is Fc1c(Cl)cccc1Nc1ncnc2ccc([C@H]3CCCNC3)cc12. The van der Waals surface area contributed by atoms with Crippen molar-refractivity contribution in [2.75, 3.05) is 18.4 Å². The first-order valence-corrected chi connectivity index (χ1v) is 8.76. The van der Waals surface area contributed by atoms with Gasteiger partial charge in [-0.1, -0.05) is 23.7 Å². The summed E-state index contributed by atoms with van der Waals surface area (Å²) in [6.07, 6.45) is 3.82. The molecule has 1 saturated heterocycles. The lowest BCUT2D eigenvalue weighted by molar-refractivity contribution is 0.462. The number of nitrogens with zero attached hydrogens (tertiary/aromatic N) is 2. The summed E-state index contributed by atoms with van der Waals surface area (Å²) in [6, 6.07) is 11.1. The summed E-state index contributed by atoms with van der Waals surface area (Å²) in [4.78, 5) is 8.63. The molecule has 4 rings (SSSR count). The molecule has 6 heteroatoms. The second-order valence-corrected chi connectivity index (χ2v) is 6.68. The van der Waals surface area contributed by atoms with Crippen LogP contribution in [0.1, 0.15) is 24.3 Å². The van der Waals surface area contributed by atoms with Gasteiger partial charge >= 0.3 is 0 Å². The van der Waals surface area contributed by atoms with Crippen molar-refractivity contribution >= 4 is 34.0 Å². The first-order valence-electron chi connectivity index (χ1n) is 8.39. The van der Waals surface area contributed by atoms with Gasteiger partial charge < -0.3 is 10.6 Å². The zero-order chi connectivity index (χ0) is 17.2. The van der Waals surface area contributed by atoms with Crippen molar-refractivity contribution in [3.05, 3.63) is 59.1 Å². The van der Waals surface area contributed by atoms with Gasteiger partial charge in [0.1, 0.15) is 12.1 Å². The quantitative estimate of drug-likeness (QED) is 0.718. The van der Waals surface area contributed by atoms with Crippen molar-refractivity contribution in [3.8, 4) is 0 Å². The molecule has 1 atom stereocenters. The predicted molar refractivity (Wildman–Crippen MR) is 99.1 cm³/mol. The maximum absolute atomic E-state index is 14.2. The van der Waals surface area contributed by atoms with Crippen LogP contribution >= 0.6 is 11.6 Å². The highest BCUT2D eigenvalue weighted by atomic mass is 35.5. The lowest BCUT2D eigenvalue weighted by Gasteiger charge is -2.23. The van der Waals surface area contributed by atoms with Crippen molar-refractivity contribution in [2.45, 2.75) is 18.8 Å². The number of benzene rings is 2. The zero-order valence-corrected chi connectivity index (χ0v) is 14.4. The summed E-state index contributed by atoms with van der Waals surface area (Å²) >= 11 is 5.87. The van der Waals surface area contributed by atoms with Crippen molar-refractivity contribution in [3.63, 3.8) is 0 Å². The fourth-order valence-corrected chi connectivity index (χ4v) is 3.47. The number of hydrogen-bond donors (Lipinski definition) is 2. The molecule has 0 bridgehead atoms. The van der Waals surface area contributed by atoms with E-state index < -0.39 is 5.82 Å². The highest BCUT2D eigenvalue weighted by Crippen LogP contribution is 2.31. The Bertz CT molecular complexity index is 909. The van der Waals surface area contributed by atoms with Crippen LogP contribution in [0.3, 0.4) is 0 Å². The normalized spacial score (nSPS) is 17.6. The number of aromatic nitrogens is 2. The molecular weight excluding hydrogens is 339 g/mol. The minimum absolute atomic E-state index is 0.0809. The van der Waals surface area contributed by atoms with Gasteiger partial charge in [-0.05, 0) is 55.1 Å². The minimum atomic E-state index is -0.483. The van der Waals surface area contributed by atoms with E-state index in [1.54, 1.807) is 12.1 Å². The second-order valence-electron chi connectivity index (χ2n) is 6.27.